The molecule has 0 amide bonds. The van der Waals surface area contributed by atoms with Crippen LogP contribution < -0.4 is 5.73 Å². The second-order valence-electron chi connectivity index (χ2n) is 4.98. The van der Waals surface area contributed by atoms with Crippen LogP contribution in [0.25, 0.3) is 0 Å². The van der Waals surface area contributed by atoms with Gasteiger partial charge in [-0.15, -0.1) is 0 Å². The minimum absolute atomic E-state index is 0.104. The molecule has 0 aliphatic carbocycles. The predicted molar refractivity (Wildman–Crippen MR) is 81.5 cm³/mol. The van der Waals surface area contributed by atoms with E-state index in [1.165, 1.54) is 10.4 Å². The Kier molecular flexibility index (Phi) is 4.59. The molecule has 0 spiro atoms. The Labute approximate surface area is 125 Å². The summed E-state index contributed by atoms with van der Waals surface area (Å²) in [4.78, 5) is 2.32. The monoisotopic (exact) mass is 317 g/mol. The smallest absolute Gasteiger partial charge is 0.244 e. The molecule has 0 bridgehead atoms. The maximum Gasteiger partial charge on any atom is 0.244 e. The molecule has 1 heterocycles. The molecule has 0 aromatic heterocycles. The lowest BCUT2D eigenvalue weighted by atomic mass is 10.2. The number of halogens is 1. The fourth-order valence-electron chi connectivity index (χ4n) is 2.29. The Balaban J connectivity index is 2.30. The zero-order valence-electron chi connectivity index (χ0n) is 11.8. The van der Waals surface area contributed by atoms with Crippen molar-refractivity contribution in [2.24, 2.45) is 0 Å². The summed E-state index contributed by atoms with van der Waals surface area (Å²) in [5.74, 6) is 0. The highest BCUT2D eigenvalue weighted by Crippen LogP contribution is 2.29. The molecule has 1 saturated heterocycles. The molecular weight excluding hydrogens is 298 g/mol. The van der Waals surface area contributed by atoms with E-state index in [1.807, 2.05) is 0 Å². The molecule has 20 heavy (non-hydrogen) atoms. The molecular formula is C13H20ClN3O2S. The summed E-state index contributed by atoms with van der Waals surface area (Å²) in [7, 11) is -3.57. The highest BCUT2D eigenvalue weighted by Gasteiger charge is 2.30. The SMILES string of the molecule is CCN1CCN(S(=O)(=O)c2cc(N)c(C)cc2Cl)CC1. The Hall–Kier alpha value is -0.820. The van der Waals surface area contributed by atoms with E-state index in [9.17, 15) is 8.42 Å². The van der Waals surface area contributed by atoms with Gasteiger partial charge >= 0.3 is 0 Å². The molecule has 7 heteroatoms. The van der Waals surface area contributed by atoms with Gasteiger partial charge in [0.1, 0.15) is 4.90 Å². The Bertz CT molecular complexity index is 596. The summed E-state index contributed by atoms with van der Waals surface area (Å²) in [6, 6.07) is 3.06. The number of benzene rings is 1. The summed E-state index contributed by atoms with van der Waals surface area (Å²) in [6.45, 7) is 7.27. The van der Waals surface area contributed by atoms with E-state index in [4.69, 9.17) is 17.3 Å². The van der Waals surface area contributed by atoms with Crippen LogP contribution in [0.15, 0.2) is 17.0 Å². The van der Waals surface area contributed by atoms with Crippen molar-refractivity contribution in [2.45, 2.75) is 18.7 Å². The summed E-state index contributed by atoms with van der Waals surface area (Å²) in [5.41, 5.74) is 7.04. The lowest BCUT2D eigenvalue weighted by Crippen LogP contribution is -2.48. The fourth-order valence-corrected chi connectivity index (χ4v) is 4.31. The van der Waals surface area contributed by atoms with E-state index in [1.54, 1.807) is 13.0 Å². The number of sulfonamides is 1. The third-order valence-electron chi connectivity index (χ3n) is 3.72. The van der Waals surface area contributed by atoms with Gasteiger partial charge in [0.05, 0.1) is 5.02 Å². The summed E-state index contributed by atoms with van der Waals surface area (Å²) < 4.78 is 26.7. The number of anilines is 1. The summed E-state index contributed by atoms with van der Waals surface area (Å²) >= 11 is 6.09. The number of likely N-dealkylation sites (N-methyl/N-ethyl adjacent to an activating group) is 1. The number of nitrogens with zero attached hydrogens (tertiary/aromatic N) is 2. The van der Waals surface area contributed by atoms with E-state index in [2.05, 4.69) is 11.8 Å². The first-order chi connectivity index (χ1) is 9.36. The zero-order chi connectivity index (χ0) is 14.9. The second-order valence-corrected chi connectivity index (χ2v) is 7.29. The van der Waals surface area contributed by atoms with Gasteiger partial charge in [0, 0.05) is 31.9 Å². The molecule has 0 saturated carbocycles. The summed E-state index contributed by atoms with van der Waals surface area (Å²) in [6.07, 6.45) is 0. The van der Waals surface area contributed by atoms with Gasteiger partial charge in [0.2, 0.25) is 10.0 Å². The Morgan fingerprint density at radius 3 is 2.40 bits per heavy atom. The summed E-state index contributed by atoms with van der Waals surface area (Å²) in [5, 5.41) is 0.231. The van der Waals surface area contributed by atoms with Gasteiger partial charge in [-0.25, -0.2) is 8.42 Å². The highest BCUT2D eigenvalue weighted by atomic mass is 35.5. The van der Waals surface area contributed by atoms with Crippen LogP contribution in [-0.4, -0.2) is 50.3 Å². The second kappa shape index (κ2) is 5.89. The van der Waals surface area contributed by atoms with Crippen molar-refractivity contribution < 1.29 is 8.42 Å². The standard InChI is InChI=1S/C13H20ClN3O2S/c1-3-16-4-6-17(7-5-16)20(18,19)13-9-12(15)10(2)8-11(13)14/h8-9H,3-7,15H2,1-2H3. The van der Waals surface area contributed by atoms with Crippen LogP contribution in [0.3, 0.4) is 0 Å². The first-order valence-electron chi connectivity index (χ1n) is 6.64. The average Bonchev–Trinajstić information content (AvgIpc) is 2.42. The predicted octanol–water partition coefficient (Wildman–Crippen LogP) is 1.56. The quantitative estimate of drug-likeness (QED) is 0.859. The van der Waals surface area contributed by atoms with Crippen LogP contribution in [0.2, 0.25) is 5.02 Å². The maximum absolute atomic E-state index is 12.6. The molecule has 2 rings (SSSR count). The van der Waals surface area contributed by atoms with Crippen molar-refractivity contribution in [1.82, 2.24) is 9.21 Å². The largest absolute Gasteiger partial charge is 0.398 e. The van der Waals surface area contributed by atoms with Crippen molar-refractivity contribution in [3.8, 4) is 0 Å². The van der Waals surface area contributed by atoms with Crippen molar-refractivity contribution in [1.29, 1.82) is 0 Å². The number of hydrogen-bond donors (Lipinski definition) is 1. The van der Waals surface area contributed by atoms with E-state index >= 15 is 0 Å². The molecule has 1 fully saturated rings. The van der Waals surface area contributed by atoms with Crippen LogP contribution in [-0.2, 0) is 10.0 Å². The van der Waals surface area contributed by atoms with E-state index in [0.717, 1.165) is 25.2 Å². The van der Waals surface area contributed by atoms with Crippen LogP contribution in [0.5, 0.6) is 0 Å². The van der Waals surface area contributed by atoms with Crippen molar-refractivity contribution in [3.63, 3.8) is 0 Å². The number of hydrogen-bond acceptors (Lipinski definition) is 4. The minimum atomic E-state index is -3.57. The molecule has 0 radical (unpaired) electrons. The molecule has 112 valence electrons. The number of rotatable bonds is 3. The Morgan fingerprint density at radius 2 is 1.85 bits per heavy atom. The van der Waals surface area contributed by atoms with Gasteiger partial charge in [-0.05, 0) is 31.2 Å². The Morgan fingerprint density at radius 1 is 1.25 bits per heavy atom. The van der Waals surface area contributed by atoms with Gasteiger partial charge < -0.3 is 10.6 Å². The van der Waals surface area contributed by atoms with Crippen LogP contribution in [0, 0.1) is 6.92 Å². The molecule has 1 aromatic rings. The van der Waals surface area contributed by atoms with Gasteiger partial charge in [-0.1, -0.05) is 18.5 Å². The fraction of sp³-hybridized carbons (Fsp3) is 0.538. The number of nitrogen functional groups attached to an aromatic ring is 1. The topological polar surface area (TPSA) is 66.6 Å². The molecule has 0 atom stereocenters. The lowest BCUT2D eigenvalue weighted by Gasteiger charge is -2.33. The van der Waals surface area contributed by atoms with Gasteiger partial charge in [0.25, 0.3) is 0 Å². The third-order valence-corrected chi connectivity index (χ3v) is 6.08. The highest BCUT2D eigenvalue weighted by molar-refractivity contribution is 7.89. The molecule has 1 aliphatic rings. The van der Waals surface area contributed by atoms with Crippen molar-refractivity contribution in [3.05, 3.63) is 22.7 Å². The van der Waals surface area contributed by atoms with Gasteiger partial charge in [-0.3, -0.25) is 0 Å². The van der Waals surface area contributed by atoms with Gasteiger partial charge in [0.15, 0.2) is 0 Å². The maximum atomic E-state index is 12.6. The molecule has 1 aromatic carbocycles. The van der Waals surface area contributed by atoms with Crippen molar-refractivity contribution >= 4 is 27.3 Å². The molecule has 0 unspecified atom stereocenters. The number of piperazine rings is 1. The number of nitrogens with two attached hydrogens (primary N) is 1. The molecule has 1 aliphatic heterocycles. The van der Waals surface area contributed by atoms with Crippen LogP contribution >= 0.6 is 11.6 Å². The van der Waals surface area contributed by atoms with Crippen molar-refractivity contribution in [2.75, 3.05) is 38.5 Å². The first-order valence-corrected chi connectivity index (χ1v) is 8.46. The zero-order valence-corrected chi connectivity index (χ0v) is 13.3. The molecule has 2 N–H and O–H groups in total. The minimum Gasteiger partial charge on any atom is -0.398 e. The van der Waals surface area contributed by atoms with E-state index in [0.29, 0.717) is 18.8 Å². The third kappa shape index (κ3) is 2.93. The van der Waals surface area contributed by atoms with E-state index < -0.39 is 10.0 Å². The lowest BCUT2D eigenvalue weighted by molar-refractivity contribution is 0.196. The number of aryl methyl sites for hydroxylation is 1. The molecule has 5 nitrogen and oxygen atoms in total. The van der Waals surface area contributed by atoms with Gasteiger partial charge in [-0.2, -0.15) is 4.31 Å². The van der Waals surface area contributed by atoms with Crippen LogP contribution in [0.4, 0.5) is 5.69 Å². The average molecular weight is 318 g/mol. The first kappa shape index (κ1) is 15.6. The van der Waals surface area contributed by atoms with E-state index in [-0.39, 0.29) is 9.92 Å². The normalized spacial score (nSPS) is 18.4. The van der Waals surface area contributed by atoms with Crippen LogP contribution in [0.1, 0.15) is 12.5 Å².